The maximum atomic E-state index is 14.2. The molecule has 5 heteroatoms. The predicted octanol–water partition coefficient (Wildman–Crippen LogP) is 4.72. The highest BCUT2D eigenvalue weighted by molar-refractivity contribution is 5.38. The molecule has 24 heavy (non-hydrogen) atoms. The van der Waals surface area contributed by atoms with Crippen LogP contribution < -0.4 is 4.74 Å². The van der Waals surface area contributed by atoms with Gasteiger partial charge in [0.05, 0.1) is 6.07 Å². The SMILES string of the molecule is CC1(C#N)C(F)=CN([O-])CC1c1ccc(Oc2ccccc2)cc1. The van der Waals surface area contributed by atoms with Gasteiger partial charge in [0, 0.05) is 18.7 Å². The first-order chi connectivity index (χ1) is 11.5. The van der Waals surface area contributed by atoms with Gasteiger partial charge < -0.3 is 15.0 Å². The number of para-hydroxylation sites is 1. The number of hydroxylamine groups is 2. The summed E-state index contributed by atoms with van der Waals surface area (Å²) in [6.45, 7) is 1.56. The van der Waals surface area contributed by atoms with E-state index in [1.807, 2.05) is 36.4 Å². The summed E-state index contributed by atoms with van der Waals surface area (Å²) in [5.74, 6) is 0.0931. The van der Waals surface area contributed by atoms with Gasteiger partial charge in [-0.25, -0.2) is 4.39 Å². The van der Waals surface area contributed by atoms with Crippen molar-refractivity contribution in [1.29, 1.82) is 5.26 Å². The average Bonchev–Trinajstić information content (AvgIpc) is 2.60. The van der Waals surface area contributed by atoms with Crippen LogP contribution in [0.15, 0.2) is 66.6 Å². The molecule has 1 aliphatic heterocycles. The molecular weight excluding hydrogens is 307 g/mol. The van der Waals surface area contributed by atoms with Gasteiger partial charge in [-0.3, -0.25) is 0 Å². The Kier molecular flexibility index (Phi) is 4.24. The monoisotopic (exact) mass is 323 g/mol. The highest BCUT2D eigenvalue weighted by Crippen LogP contribution is 2.45. The fraction of sp³-hybridized carbons (Fsp3) is 0.211. The van der Waals surface area contributed by atoms with E-state index in [4.69, 9.17) is 4.74 Å². The van der Waals surface area contributed by atoms with Crippen molar-refractivity contribution in [2.75, 3.05) is 6.54 Å². The highest BCUT2D eigenvalue weighted by Gasteiger charge is 2.42. The molecule has 3 rings (SSSR count). The normalized spacial score (nSPS) is 23.3. The molecule has 0 aromatic heterocycles. The quantitative estimate of drug-likeness (QED) is 0.820. The zero-order chi connectivity index (χ0) is 17.2. The summed E-state index contributed by atoms with van der Waals surface area (Å²) in [6, 6.07) is 18.4. The van der Waals surface area contributed by atoms with Crippen LogP contribution in [-0.2, 0) is 0 Å². The van der Waals surface area contributed by atoms with Gasteiger partial charge in [0.1, 0.15) is 22.7 Å². The summed E-state index contributed by atoms with van der Waals surface area (Å²) < 4.78 is 19.9. The van der Waals surface area contributed by atoms with Gasteiger partial charge in [-0.05, 0) is 36.8 Å². The van der Waals surface area contributed by atoms with E-state index in [0.717, 1.165) is 11.8 Å². The third-order valence-corrected chi connectivity index (χ3v) is 4.31. The van der Waals surface area contributed by atoms with Crippen LogP contribution in [0.2, 0.25) is 0 Å². The van der Waals surface area contributed by atoms with Crippen LogP contribution in [0.3, 0.4) is 0 Å². The summed E-state index contributed by atoms with van der Waals surface area (Å²) in [7, 11) is 0. The first-order valence-electron chi connectivity index (χ1n) is 7.58. The van der Waals surface area contributed by atoms with Gasteiger partial charge in [0.2, 0.25) is 0 Å². The van der Waals surface area contributed by atoms with Crippen molar-refractivity contribution in [2.45, 2.75) is 12.8 Å². The van der Waals surface area contributed by atoms with Crippen LogP contribution in [0.25, 0.3) is 0 Å². The third kappa shape index (κ3) is 2.97. The number of hydrogen-bond donors (Lipinski definition) is 0. The van der Waals surface area contributed by atoms with Crippen molar-refractivity contribution in [1.82, 2.24) is 5.06 Å². The van der Waals surface area contributed by atoms with Crippen LogP contribution >= 0.6 is 0 Å². The van der Waals surface area contributed by atoms with E-state index in [2.05, 4.69) is 0 Å². The van der Waals surface area contributed by atoms with Crippen molar-refractivity contribution in [3.8, 4) is 17.6 Å². The average molecular weight is 323 g/mol. The van der Waals surface area contributed by atoms with E-state index in [-0.39, 0.29) is 6.54 Å². The maximum absolute atomic E-state index is 14.2. The smallest absolute Gasteiger partial charge is 0.136 e. The zero-order valence-electron chi connectivity index (χ0n) is 13.1. The van der Waals surface area contributed by atoms with Gasteiger partial charge in [0.15, 0.2) is 0 Å². The van der Waals surface area contributed by atoms with Gasteiger partial charge in [0.25, 0.3) is 0 Å². The Morgan fingerprint density at radius 3 is 2.42 bits per heavy atom. The molecule has 2 aromatic rings. The molecule has 1 heterocycles. The molecule has 1 aliphatic rings. The first-order valence-corrected chi connectivity index (χ1v) is 7.58. The molecule has 2 atom stereocenters. The molecule has 0 aliphatic carbocycles. The standard InChI is InChI=1S/C19H16FN2O2/c1-19(13-21)17(11-22(23)12-18(19)20)14-7-9-16(10-8-14)24-15-5-3-2-4-6-15/h2-10,12,17H,11H2,1H3/q-1. The second-order valence-electron chi connectivity index (χ2n) is 5.93. The number of nitriles is 1. The number of allylic oxidation sites excluding steroid dienone is 1. The molecule has 0 spiro atoms. The van der Waals surface area contributed by atoms with Crippen LogP contribution in [-0.4, -0.2) is 11.6 Å². The number of benzene rings is 2. The second kappa shape index (κ2) is 6.34. The van der Waals surface area contributed by atoms with E-state index in [9.17, 15) is 14.9 Å². The van der Waals surface area contributed by atoms with E-state index in [1.54, 1.807) is 24.3 Å². The molecule has 0 radical (unpaired) electrons. The van der Waals surface area contributed by atoms with Crippen LogP contribution in [0.4, 0.5) is 4.39 Å². The largest absolute Gasteiger partial charge is 0.759 e. The van der Waals surface area contributed by atoms with Crippen molar-refractivity contribution < 1.29 is 9.13 Å². The van der Waals surface area contributed by atoms with Gasteiger partial charge in [-0.15, -0.1) is 0 Å². The van der Waals surface area contributed by atoms with Crippen molar-refractivity contribution >= 4 is 0 Å². The highest BCUT2D eigenvalue weighted by atomic mass is 19.1. The number of ether oxygens (including phenoxy) is 1. The molecule has 0 N–H and O–H groups in total. The molecule has 0 saturated carbocycles. The molecule has 0 bridgehead atoms. The Morgan fingerprint density at radius 1 is 1.17 bits per heavy atom. The van der Waals surface area contributed by atoms with Crippen molar-refractivity contribution in [3.63, 3.8) is 0 Å². The van der Waals surface area contributed by atoms with E-state index >= 15 is 0 Å². The molecular formula is C19H16FN2O2-. The lowest BCUT2D eigenvalue weighted by Crippen LogP contribution is -2.37. The summed E-state index contributed by atoms with van der Waals surface area (Å²) in [6.07, 6.45) is 0.854. The van der Waals surface area contributed by atoms with E-state index < -0.39 is 17.2 Å². The minimum atomic E-state index is -1.34. The minimum Gasteiger partial charge on any atom is -0.759 e. The first kappa shape index (κ1) is 16.0. The van der Waals surface area contributed by atoms with Gasteiger partial charge >= 0.3 is 0 Å². The number of hydrogen-bond acceptors (Lipinski definition) is 4. The molecule has 0 fully saturated rings. The summed E-state index contributed by atoms with van der Waals surface area (Å²) in [4.78, 5) is 0. The van der Waals surface area contributed by atoms with Crippen molar-refractivity contribution in [3.05, 3.63) is 77.4 Å². The molecule has 0 saturated heterocycles. The lowest BCUT2D eigenvalue weighted by Gasteiger charge is -2.42. The van der Waals surface area contributed by atoms with Gasteiger partial charge in [-0.1, -0.05) is 30.3 Å². The number of nitrogens with zero attached hydrogens (tertiary/aromatic N) is 2. The third-order valence-electron chi connectivity index (χ3n) is 4.31. The zero-order valence-corrected chi connectivity index (χ0v) is 13.1. The summed E-state index contributed by atoms with van der Waals surface area (Å²) in [5.41, 5.74) is -0.619. The topological polar surface area (TPSA) is 59.3 Å². The fourth-order valence-corrected chi connectivity index (χ4v) is 2.81. The van der Waals surface area contributed by atoms with Crippen LogP contribution in [0, 0.1) is 22.0 Å². The summed E-state index contributed by atoms with van der Waals surface area (Å²) >= 11 is 0. The Labute approximate surface area is 140 Å². The fourth-order valence-electron chi connectivity index (χ4n) is 2.81. The molecule has 122 valence electrons. The predicted molar refractivity (Wildman–Crippen MR) is 88.7 cm³/mol. The van der Waals surface area contributed by atoms with E-state index in [1.165, 1.54) is 6.92 Å². The van der Waals surface area contributed by atoms with Crippen LogP contribution in [0.1, 0.15) is 18.4 Å². The van der Waals surface area contributed by atoms with E-state index in [0.29, 0.717) is 16.6 Å². The molecule has 2 unspecified atom stereocenters. The van der Waals surface area contributed by atoms with Crippen molar-refractivity contribution in [2.24, 2.45) is 5.41 Å². The number of rotatable bonds is 3. The second-order valence-corrected chi connectivity index (χ2v) is 5.93. The molecule has 2 aromatic carbocycles. The molecule has 4 nitrogen and oxygen atoms in total. The lowest BCUT2D eigenvalue weighted by atomic mass is 9.72. The minimum absolute atomic E-state index is 0.0381. The number of halogens is 1. The Morgan fingerprint density at radius 2 is 1.79 bits per heavy atom. The Balaban J connectivity index is 1.85. The van der Waals surface area contributed by atoms with Gasteiger partial charge in [-0.2, -0.15) is 5.26 Å². The Hall–Kier alpha value is -2.84. The molecule has 0 amide bonds. The lowest BCUT2D eigenvalue weighted by molar-refractivity contribution is 0.249. The van der Waals surface area contributed by atoms with Crippen LogP contribution in [0.5, 0.6) is 11.5 Å². The Bertz CT molecular complexity index is 783. The summed E-state index contributed by atoms with van der Waals surface area (Å²) in [5, 5.41) is 21.6. The maximum Gasteiger partial charge on any atom is 0.136 e.